The van der Waals surface area contributed by atoms with E-state index in [1.165, 1.54) is 23.9 Å². The molecule has 0 saturated heterocycles. The van der Waals surface area contributed by atoms with E-state index in [1.54, 1.807) is 0 Å². The van der Waals surface area contributed by atoms with Crippen LogP contribution in [0.1, 0.15) is 5.56 Å². The van der Waals surface area contributed by atoms with Crippen molar-refractivity contribution in [2.75, 3.05) is 5.75 Å². The number of rotatable bonds is 6. The lowest BCUT2D eigenvalue weighted by Gasteiger charge is -2.18. The quantitative estimate of drug-likeness (QED) is 0.806. The molecule has 2 aromatic rings. The molecule has 0 aliphatic carbocycles. The predicted molar refractivity (Wildman–Crippen MR) is 81.2 cm³/mol. The molecule has 0 aliphatic heterocycles. The van der Waals surface area contributed by atoms with Gasteiger partial charge in [-0.15, -0.1) is 11.8 Å². The number of aliphatic hydroxyl groups is 1. The van der Waals surface area contributed by atoms with Gasteiger partial charge in [0.1, 0.15) is 11.6 Å². The summed E-state index contributed by atoms with van der Waals surface area (Å²) in [4.78, 5) is 1.04. The minimum Gasteiger partial charge on any atom is -0.391 e. The van der Waals surface area contributed by atoms with Crippen molar-refractivity contribution in [1.29, 1.82) is 0 Å². The highest BCUT2D eigenvalue weighted by atomic mass is 32.2. The molecule has 0 bridgehead atoms. The summed E-state index contributed by atoms with van der Waals surface area (Å²) < 4.78 is 26.2. The monoisotopic (exact) mass is 309 g/mol. The van der Waals surface area contributed by atoms with Crippen LogP contribution in [-0.4, -0.2) is 23.0 Å². The number of thioether (sulfide) groups is 1. The number of hydrogen-bond donors (Lipinski definition) is 2. The molecule has 21 heavy (non-hydrogen) atoms. The lowest BCUT2D eigenvalue weighted by Crippen LogP contribution is -2.38. The number of hydrogen-bond acceptors (Lipinski definition) is 3. The van der Waals surface area contributed by atoms with Crippen LogP contribution in [0.3, 0.4) is 0 Å². The van der Waals surface area contributed by atoms with Crippen LogP contribution >= 0.6 is 11.8 Å². The fourth-order valence-electron chi connectivity index (χ4n) is 1.96. The van der Waals surface area contributed by atoms with Gasteiger partial charge in [-0.1, -0.05) is 18.2 Å². The van der Waals surface area contributed by atoms with Crippen molar-refractivity contribution in [2.24, 2.45) is 5.73 Å². The minimum atomic E-state index is -0.749. The predicted octanol–water partition coefficient (Wildman–Crippen LogP) is 2.99. The molecular weight excluding hydrogens is 292 g/mol. The van der Waals surface area contributed by atoms with Gasteiger partial charge < -0.3 is 10.8 Å². The highest BCUT2D eigenvalue weighted by molar-refractivity contribution is 7.99. The highest BCUT2D eigenvalue weighted by Gasteiger charge is 2.16. The Bertz CT molecular complexity index is 559. The van der Waals surface area contributed by atoms with Crippen molar-refractivity contribution in [1.82, 2.24) is 0 Å². The third kappa shape index (κ3) is 5.12. The van der Waals surface area contributed by atoms with Crippen LogP contribution in [-0.2, 0) is 6.42 Å². The first-order valence-electron chi connectivity index (χ1n) is 6.61. The zero-order valence-electron chi connectivity index (χ0n) is 11.4. The fraction of sp³-hybridized carbons (Fsp3) is 0.250. The Kier molecular flexibility index (Phi) is 5.73. The van der Waals surface area contributed by atoms with Gasteiger partial charge in [-0.3, -0.25) is 0 Å². The molecule has 2 unspecified atom stereocenters. The third-order valence-corrected chi connectivity index (χ3v) is 4.17. The molecule has 0 heterocycles. The SMILES string of the molecule is NC(Cc1cc(F)cc(F)c1)C(O)CSc1ccccc1. The van der Waals surface area contributed by atoms with Gasteiger partial charge in [-0.05, 0) is 36.2 Å². The average Bonchev–Trinajstić information content (AvgIpc) is 2.44. The number of aliphatic hydroxyl groups excluding tert-OH is 1. The molecule has 2 atom stereocenters. The Hall–Kier alpha value is -1.43. The highest BCUT2D eigenvalue weighted by Crippen LogP contribution is 2.19. The summed E-state index contributed by atoms with van der Waals surface area (Å²) in [6.07, 6.45) is -0.521. The topological polar surface area (TPSA) is 46.2 Å². The Balaban J connectivity index is 1.88. The van der Waals surface area contributed by atoms with Crippen molar-refractivity contribution >= 4 is 11.8 Å². The van der Waals surface area contributed by atoms with Gasteiger partial charge in [0, 0.05) is 22.8 Å². The first-order valence-corrected chi connectivity index (χ1v) is 7.59. The second kappa shape index (κ2) is 7.54. The van der Waals surface area contributed by atoms with Crippen LogP contribution < -0.4 is 5.73 Å². The van der Waals surface area contributed by atoms with E-state index in [0.29, 0.717) is 11.3 Å². The molecule has 0 fully saturated rings. The summed E-state index contributed by atoms with van der Waals surface area (Å²) in [5.74, 6) is -0.834. The van der Waals surface area contributed by atoms with Crippen molar-refractivity contribution in [2.45, 2.75) is 23.5 Å². The van der Waals surface area contributed by atoms with Gasteiger partial charge in [-0.2, -0.15) is 0 Å². The molecule has 2 aromatic carbocycles. The van der Waals surface area contributed by atoms with Gasteiger partial charge in [0.25, 0.3) is 0 Å². The van der Waals surface area contributed by atoms with Gasteiger partial charge >= 0.3 is 0 Å². The normalized spacial score (nSPS) is 13.9. The van der Waals surface area contributed by atoms with E-state index >= 15 is 0 Å². The van der Waals surface area contributed by atoms with E-state index in [0.717, 1.165) is 11.0 Å². The van der Waals surface area contributed by atoms with E-state index in [4.69, 9.17) is 5.73 Å². The zero-order valence-corrected chi connectivity index (χ0v) is 12.2. The zero-order chi connectivity index (χ0) is 15.2. The van der Waals surface area contributed by atoms with Crippen molar-refractivity contribution in [3.05, 3.63) is 65.7 Å². The van der Waals surface area contributed by atoms with E-state index < -0.39 is 23.8 Å². The number of nitrogens with two attached hydrogens (primary N) is 1. The van der Waals surface area contributed by atoms with Gasteiger partial charge in [-0.25, -0.2) is 8.78 Å². The summed E-state index contributed by atoms with van der Waals surface area (Å²) in [6.45, 7) is 0. The lowest BCUT2D eigenvalue weighted by molar-refractivity contribution is 0.167. The molecule has 0 aromatic heterocycles. The number of benzene rings is 2. The van der Waals surface area contributed by atoms with E-state index in [1.807, 2.05) is 30.3 Å². The molecule has 112 valence electrons. The van der Waals surface area contributed by atoms with Crippen LogP contribution in [0.5, 0.6) is 0 Å². The molecule has 0 radical (unpaired) electrons. The maximum atomic E-state index is 13.1. The summed E-state index contributed by atoms with van der Waals surface area (Å²) >= 11 is 1.50. The molecule has 2 nitrogen and oxygen atoms in total. The average molecular weight is 309 g/mol. The first-order chi connectivity index (χ1) is 10.0. The molecule has 0 saturated carbocycles. The second-order valence-corrected chi connectivity index (χ2v) is 5.93. The molecule has 0 amide bonds. The number of halogens is 2. The second-order valence-electron chi connectivity index (χ2n) is 4.84. The van der Waals surface area contributed by atoms with Gasteiger partial charge in [0.2, 0.25) is 0 Å². The summed E-state index contributed by atoms with van der Waals surface area (Å²) in [5.41, 5.74) is 6.35. The van der Waals surface area contributed by atoms with Crippen LogP contribution in [0.4, 0.5) is 8.78 Å². The molecule has 0 aliphatic rings. The smallest absolute Gasteiger partial charge is 0.126 e. The van der Waals surface area contributed by atoms with Crippen molar-refractivity contribution < 1.29 is 13.9 Å². The van der Waals surface area contributed by atoms with Crippen LogP contribution in [0.25, 0.3) is 0 Å². The standard InChI is InChI=1S/C16H17F2NOS/c17-12-6-11(7-13(18)9-12)8-15(19)16(20)10-21-14-4-2-1-3-5-14/h1-7,9,15-16,20H,8,10,19H2. The molecule has 2 rings (SSSR count). The summed E-state index contributed by atoms with van der Waals surface area (Å²) in [7, 11) is 0. The maximum Gasteiger partial charge on any atom is 0.126 e. The lowest BCUT2D eigenvalue weighted by atomic mass is 10.0. The van der Waals surface area contributed by atoms with E-state index in [-0.39, 0.29) is 6.42 Å². The summed E-state index contributed by atoms with van der Waals surface area (Å²) in [5, 5.41) is 10.0. The van der Waals surface area contributed by atoms with Crippen LogP contribution in [0.15, 0.2) is 53.4 Å². The fourth-order valence-corrected chi connectivity index (χ4v) is 2.92. The third-order valence-electron chi connectivity index (χ3n) is 3.05. The molecular formula is C16H17F2NOS. The Morgan fingerprint density at radius 1 is 1.05 bits per heavy atom. The molecule has 0 spiro atoms. The Morgan fingerprint density at radius 2 is 1.67 bits per heavy atom. The Labute approximate surface area is 127 Å². The maximum absolute atomic E-state index is 13.1. The Morgan fingerprint density at radius 3 is 2.29 bits per heavy atom. The minimum absolute atomic E-state index is 0.227. The molecule has 5 heteroatoms. The van der Waals surface area contributed by atoms with Crippen molar-refractivity contribution in [3.8, 4) is 0 Å². The van der Waals surface area contributed by atoms with Gasteiger partial charge in [0.15, 0.2) is 0 Å². The van der Waals surface area contributed by atoms with Crippen LogP contribution in [0, 0.1) is 11.6 Å². The largest absolute Gasteiger partial charge is 0.391 e. The van der Waals surface area contributed by atoms with E-state index in [9.17, 15) is 13.9 Å². The van der Waals surface area contributed by atoms with Crippen molar-refractivity contribution in [3.63, 3.8) is 0 Å². The first kappa shape index (κ1) is 15.9. The van der Waals surface area contributed by atoms with Gasteiger partial charge in [0.05, 0.1) is 6.10 Å². The summed E-state index contributed by atoms with van der Waals surface area (Å²) in [6, 6.07) is 12.4. The van der Waals surface area contributed by atoms with E-state index in [2.05, 4.69) is 0 Å². The van der Waals surface area contributed by atoms with Crippen LogP contribution in [0.2, 0.25) is 0 Å². The molecule has 3 N–H and O–H groups in total.